The highest BCUT2D eigenvalue weighted by atomic mass is 16.4. The fourth-order valence-electron chi connectivity index (χ4n) is 1.06. The van der Waals surface area contributed by atoms with Crippen LogP contribution in [0, 0.1) is 0 Å². The van der Waals surface area contributed by atoms with E-state index in [2.05, 4.69) is 10.6 Å². The van der Waals surface area contributed by atoms with E-state index in [1.807, 2.05) is 0 Å². The molecule has 0 unspecified atom stereocenters. The molecule has 0 aliphatic carbocycles. The summed E-state index contributed by atoms with van der Waals surface area (Å²) in [5.41, 5.74) is 0. The van der Waals surface area contributed by atoms with Crippen molar-refractivity contribution in [1.82, 2.24) is 10.6 Å². The van der Waals surface area contributed by atoms with E-state index in [-0.39, 0.29) is 6.54 Å². The predicted octanol–water partition coefficient (Wildman–Crippen LogP) is -0.977. The molecule has 1 atom stereocenters. The molecular weight excluding hydrogens is 132 g/mol. The van der Waals surface area contributed by atoms with Crippen molar-refractivity contribution in [1.29, 1.82) is 0 Å². The number of nitrogens with one attached hydrogen (secondary N) is 2. The van der Waals surface area contributed by atoms with Crippen LogP contribution in [0.4, 0.5) is 0 Å². The maximum Gasteiger partial charge on any atom is 0.317 e. The monoisotopic (exact) mass is 144 g/mol. The largest absolute Gasteiger partial charge is 0.480 e. The van der Waals surface area contributed by atoms with Crippen molar-refractivity contribution in [3.8, 4) is 0 Å². The number of hydrogen-bond donors (Lipinski definition) is 3. The molecule has 0 aromatic rings. The van der Waals surface area contributed by atoms with Gasteiger partial charge in [-0.05, 0) is 13.0 Å². The van der Waals surface area contributed by atoms with E-state index >= 15 is 0 Å². The average Bonchev–Trinajstić information content (AvgIpc) is 2.34. The van der Waals surface area contributed by atoms with Crippen LogP contribution < -0.4 is 10.6 Å². The summed E-state index contributed by atoms with van der Waals surface area (Å²) in [5.74, 6) is -0.785. The lowest BCUT2D eigenvalue weighted by Gasteiger charge is -2.07. The molecule has 0 aromatic carbocycles. The number of carboxylic acid groups (broad SMARTS) is 1. The lowest BCUT2D eigenvalue weighted by molar-refractivity contribution is -0.136. The minimum absolute atomic E-state index is 0.0757. The highest BCUT2D eigenvalue weighted by Gasteiger charge is 2.13. The average molecular weight is 144 g/mol. The zero-order valence-corrected chi connectivity index (χ0v) is 5.76. The third-order valence-corrected chi connectivity index (χ3v) is 1.60. The predicted molar refractivity (Wildman–Crippen MR) is 36.9 cm³/mol. The van der Waals surface area contributed by atoms with Gasteiger partial charge in [0.25, 0.3) is 0 Å². The van der Waals surface area contributed by atoms with E-state index in [4.69, 9.17) is 5.11 Å². The Balaban J connectivity index is 2.07. The van der Waals surface area contributed by atoms with E-state index < -0.39 is 5.97 Å². The summed E-state index contributed by atoms with van der Waals surface area (Å²) in [5, 5.41) is 14.4. The summed E-state index contributed by atoms with van der Waals surface area (Å²) in [7, 11) is 0. The summed E-state index contributed by atoms with van der Waals surface area (Å²) in [6.45, 7) is 1.97. The Bertz CT molecular complexity index is 121. The van der Waals surface area contributed by atoms with E-state index in [1.165, 1.54) is 0 Å². The highest BCUT2D eigenvalue weighted by Crippen LogP contribution is 1.95. The Kier molecular flexibility index (Phi) is 2.65. The van der Waals surface area contributed by atoms with Crippen LogP contribution in [0.5, 0.6) is 0 Å². The topological polar surface area (TPSA) is 61.4 Å². The quantitative estimate of drug-likeness (QED) is 0.476. The highest BCUT2D eigenvalue weighted by molar-refractivity contribution is 5.69. The SMILES string of the molecule is O=C(O)CN[C@@H]1CCNC1. The van der Waals surface area contributed by atoms with Gasteiger partial charge in [0.05, 0.1) is 6.54 Å². The number of aliphatic carboxylic acids is 1. The number of carboxylic acids is 1. The third-order valence-electron chi connectivity index (χ3n) is 1.60. The molecule has 3 N–H and O–H groups in total. The van der Waals surface area contributed by atoms with Gasteiger partial charge in [0.1, 0.15) is 0 Å². The number of hydrogen-bond acceptors (Lipinski definition) is 3. The molecule has 0 aromatic heterocycles. The molecule has 58 valence electrons. The van der Waals surface area contributed by atoms with Gasteiger partial charge in [0, 0.05) is 12.6 Å². The lowest BCUT2D eigenvalue weighted by Crippen LogP contribution is -2.34. The Morgan fingerprint density at radius 1 is 1.80 bits per heavy atom. The van der Waals surface area contributed by atoms with Crippen LogP contribution in [0.25, 0.3) is 0 Å². The van der Waals surface area contributed by atoms with E-state index in [0.29, 0.717) is 6.04 Å². The molecule has 1 fully saturated rings. The van der Waals surface area contributed by atoms with Gasteiger partial charge in [0.2, 0.25) is 0 Å². The smallest absolute Gasteiger partial charge is 0.317 e. The van der Waals surface area contributed by atoms with Crippen molar-refractivity contribution in [3.63, 3.8) is 0 Å². The van der Waals surface area contributed by atoms with E-state index in [0.717, 1.165) is 19.5 Å². The molecule has 10 heavy (non-hydrogen) atoms. The summed E-state index contributed by atoms with van der Waals surface area (Å²) in [6, 6.07) is 0.357. The van der Waals surface area contributed by atoms with E-state index in [1.54, 1.807) is 0 Å². The summed E-state index contributed by atoms with van der Waals surface area (Å²) >= 11 is 0. The van der Waals surface area contributed by atoms with Crippen molar-refractivity contribution in [2.75, 3.05) is 19.6 Å². The molecule has 1 rings (SSSR count). The molecule has 1 aliphatic heterocycles. The second kappa shape index (κ2) is 3.53. The molecule has 1 heterocycles. The van der Waals surface area contributed by atoms with Gasteiger partial charge in [-0.25, -0.2) is 0 Å². The molecule has 1 aliphatic rings. The first-order valence-electron chi connectivity index (χ1n) is 3.45. The summed E-state index contributed by atoms with van der Waals surface area (Å²) in [6.07, 6.45) is 1.03. The molecule has 0 spiro atoms. The molecule has 4 heteroatoms. The Morgan fingerprint density at radius 3 is 3.10 bits per heavy atom. The van der Waals surface area contributed by atoms with Crippen molar-refractivity contribution < 1.29 is 9.90 Å². The fraction of sp³-hybridized carbons (Fsp3) is 0.833. The van der Waals surface area contributed by atoms with Crippen LogP contribution in [0.3, 0.4) is 0 Å². The first-order valence-corrected chi connectivity index (χ1v) is 3.45. The van der Waals surface area contributed by atoms with Crippen LogP contribution in [0.2, 0.25) is 0 Å². The summed E-state index contributed by atoms with van der Waals surface area (Å²) in [4.78, 5) is 10.1. The van der Waals surface area contributed by atoms with Gasteiger partial charge in [-0.3, -0.25) is 4.79 Å². The van der Waals surface area contributed by atoms with Crippen molar-refractivity contribution in [2.24, 2.45) is 0 Å². The number of rotatable bonds is 3. The van der Waals surface area contributed by atoms with Gasteiger partial charge in [0.15, 0.2) is 0 Å². The third kappa shape index (κ3) is 2.33. The van der Waals surface area contributed by atoms with Gasteiger partial charge in [-0.1, -0.05) is 0 Å². The maximum atomic E-state index is 10.1. The standard InChI is InChI=1S/C6H12N2O2/c9-6(10)4-8-5-1-2-7-3-5/h5,7-8H,1-4H2,(H,9,10)/t5-/m1/s1. The second-order valence-corrected chi connectivity index (χ2v) is 2.46. The van der Waals surface area contributed by atoms with Crippen LogP contribution in [-0.4, -0.2) is 36.8 Å². The molecule has 0 radical (unpaired) electrons. The van der Waals surface area contributed by atoms with Crippen LogP contribution in [0.15, 0.2) is 0 Å². The van der Waals surface area contributed by atoms with Crippen molar-refractivity contribution in [2.45, 2.75) is 12.5 Å². The molecule has 4 nitrogen and oxygen atoms in total. The van der Waals surface area contributed by atoms with Crippen LogP contribution in [0.1, 0.15) is 6.42 Å². The molecular formula is C6H12N2O2. The minimum atomic E-state index is -0.785. The normalized spacial score (nSPS) is 25.0. The molecule has 1 saturated heterocycles. The van der Waals surface area contributed by atoms with Gasteiger partial charge in [-0.2, -0.15) is 0 Å². The van der Waals surface area contributed by atoms with E-state index in [9.17, 15) is 4.79 Å². The van der Waals surface area contributed by atoms with Crippen molar-refractivity contribution in [3.05, 3.63) is 0 Å². The Hall–Kier alpha value is -0.610. The Morgan fingerprint density at radius 2 is 2.60 bits per heavy atom. The first-order chi connectivity index (χ1) is 4.79. The minimum Gasteiger partial charge on any atom is -0.480 e. The molecule has 0 saturated carbocycles. The van der Waals surface area contributed by atoms with Gasteiger partial charge >= 0.3 is 5.97 Å². The molecule has 0 bridgehead atoms. The fourth-order valence-corrected chi connectivity index (χ4v) is 1.06. The van der Waals surface area contributed by atoms with Gasteiger partial charge in [-0.15, -0.1) is 0 Å². The van der Waals surface area contributed by atoms with Crippen LogP contribution >= 0.6 is 0 Å². The Labute approximate surface area is 59.6 Å². The van der Waals surface area contributed by atoms with Crippen LogP contribution in [-0.2, 0) is 4.79 Å². The maximum absolute atomic E-state index is 10.1. The zero-order valence-electron chi connectivity index (χ0n) is 5.76. The zero-order chi connectivity index (χ0) is 7.40. The number of carbonyl (C=O) groups is 1. The van der Waals surface area contributed by atoms with Gasteiger partial charge < -0.3 is 15.7 Å². The second-order valence-electron chi connectivity index (χ2n) is 2.46. The lowest BCUT2D eigenvalue weighted by atomic mass is 10.3. The van der Waals surface area contributed by atoms with Crippen molar-refractivity contribution >= 4 is 5.97 Å². The first kappa shape index (κ1) is 7.50. The summed E-state index contributed by atoms with van der Waals surface area (Å²) < 4.78 is 0. The molecule has 0 amide bonds.